The minimum Gasteiger partial charge on any atom is -0.298 e. The summed E-state index contributed by atoms with van der Waals surface area (Å²) in [6.07, 6.45) is 5.44. The molecule has 3 nitrogen and oxygen atoms in total. The summed E-state index contributed by atoms with van der Waals surface area (Å²) in [5, 5.41) is 0.708. The third-order valence-corrected chi connectivity index (χ3v) is 2.62. The summed E-state index contributed by atoms with van der Waals surface area (Å²) < 4.78 is 1.97. The Hall–Kier alpha value is -1.87. The quantitative estimate of drug-likeness (QED) is 0.642. The summed E-state index contributed by atoms with van der Waals surface area (Å²) in [6, 6.07) is 9.47. The van der Waals surface area contributed by atoms with Gasteiger partial charge in [0.2, 0.25) is 0 Å². The molecule has 3 heterocycles. The van der Waals surface area contributed by atoms with E-state index in [1.54, 1.807) is 12.4 Å². The second-order valence-electron chi connectivity index (χ2n) is 3.44. The molecule has 0 N–H and O–H groups in total. The lowest BCUT2D eigenvalue weighted by Gasteiger charge is -2.00. The third kappa shape index (κ3) is 1.46. The molecule has 16 heavy (non-hydrogen) atoms. The molecule has 0 aromatic carbocycles. The zero-order chi connectivity index (χ0) is 11.0. The summed E-state index contributed by atoms with van der Waals surface area (Å²) in [7, 11) is 0. The van der Waals surface area contributed by atoms with E-state index in [9.17, 15) is 0 Å². The molecule has 0 aliphatic rings. The van der Waals surface area contributed by atoms with Crippen LogP contribution in [-0.2, 0) is 0 Å². The fourth-order valence-electron chi connectivity index (χ4n) is 1.66. The smallest absolute Gasteiger partial charge is 0.163 e. The van der Waals surface area contributed by atoms with Crippen LogP contribution in [0.25, 0.3) is 17.0 Å². The average Bonchev–Trinajstić information content (AvgIpc) is 2.73. The normalized spacial score (nSPS) is 10.8. The van der Waals surface area contributed by atoms with Gasteiger partial charge in [-0.15, -0.1) is 0 Å². The van der Waals surface area contributed by atoms with Crippen molar-refractivity contribution in [2.24, 2.45) is 0 Å². The molecule has 0 unspecified atom stereocenters. The summed E-state index contributed by atoms with van der Waals surface area (Å²) >= 11 is 5.92. The summed E-state index contributed by atoms with van der Waals surface area (Å²) in [4.78, 5) is 8.63. The lowest BCUT2D eigenvalue weighted by molar-refractivity contribution is 1.13. The van der Waals surface area contributed by atoms with E-state index < -0.39 is 0 Å². The highest BCUT2D eigenvalue weighted by atomic mass is 35.5. The highest BCUT2D eigenvalue weighted by Crippen LogP contribution is 2.19. The van der Waals surface area contributed by atoms with E-state index in [0.717, 1.165) is 17.0 Å². The number of rotatable bonds is 1. The van der Waals surface area contributed by atoms with Gasteiger partial charge in [0.1, 0.15) is 5.69 Å². The van der Waals surface area contributed by atoms with Crippen molar-refractivity contribution >= 4 is 17.1 Å². The van der Waals surface area contributed by atoms with Gasteiger partial charge in [-0.1, -0.05) is 17.7 Å². The largest absolute Gasteiger partial charge is 0.298 e. The van der Waals surface area contributed by atoms with E-state index in [2.05, 4.69) is 9.97 Å². The van der Waals surface area contributed by atoms with E-state index in [0.29, 0.717) is 5.02 Å². The Morgan fingerprint density at radius 1 is 1.12 bits per heavy atom. The van der Waals surface area contributed by atoms with E-state index in [-0.39, 0.29) is 0 Å². The van der Waals surface area contributed by atoms with Gasteiger partial charge in [0, 0.05) is 17.4 Å². The Balaban J connectivity index is 2.26. The maximum atomic E-state index is 5.92. The molecule has 0 saturated heterocycles. The first-order valence-electron chi connectivity index (χ1n) is 4.88. The Morgan fingerprint density at radius 2 is 2.06 bits per heavy atom. The molecular weight excluding hydrogens is 222 g/mol. The van der Waals surface area contributed by atoms with Gasteiger partial charge in [0.15, 0.2) is 5.82 Å². The minimum absolute atomic E-state index is 0.708. The Kier molecular flexibility index (Phi) is 2.11. The molecule has 0 aliphatic carbocycles. The molecule has 0 saturated carbocycles. The van der Waals surface area contributed by atoms with Crippen LogP contribution in [0.1, 0.15) is 0 Å². The average molecular weight is 230 g/mol. The number of hydrogen-bond donors (Lipinski definition) is 0. The van der Waals surface area contributed by atoms with Crippen LogP contribution in [0.2, 0.25) is 5.02 Å². The highest BCUT2D eigenvalue weighted by Gasteiger charge is 2.06. The molecule has 0 atom stereocenters. The maximum absolute atomic E-state index is 5.92. The molecule has 3 aromatic rings. The van der Waals surface area contributed by atoms with Gasteiger partial charge >= 0.3 is 0 Å². The number of imidazole rings is 1. The van der Waals surface area contributed by atoms with Gasteiger partial charge in [-0.2, -0.15) is 0 Å². The second kappa shape index (κ2) is 3.61. The number of halogens is 1. The first-order valence-corrected chi connectivity index (χ1v) is 5.26. The molecule has 4 heteroatoms. The predicted octanol–water partition coefficient (Wildman–Crippen LogP) is 3.05. The summed E-state index contributed by atoms with van der Waals surface area (Å²) in [5.41, 5.74) is 1.82. The summed E-state index contributed by atoms with van der Waals surface area (Å²) in [5.74, 6) is 0.826. The van der Waals surface area contributed by atoms with Gasteiger partial charge in [0.25, 0.3) is 0 Å². The fraction of sp³-hybridized carbons (Fsp3) is 0. The number of fused-ring (bicyclic) bond motifs is 1. The first kappa shape index (κ1) is 9.36. The fourth-order valence-corrected chi connectivity index (χ4v) is 1.83. The maximum Gasteiger partial charge on any atom is 0.163 e. The van der Waals surface area contributed by atoms with Gasteiger partial charge in [0.05, 0.1) is 11.7 Å². The Labute approximate surface area is 97.3 Å². The molecule has 0 bridgehead atoms. The van der Waals surface area contributed by atoms with Gasteiger partial charge in [-0.3, -0.25) is 9.38 Å². The molecule has 78 valence electrons. The van der Waals surface area contributed by atoms with E-state index >= 15 is 0 Å². The zero-order valence-electron chi connectivity index (χ0n) is 8.34. The number of hydrogen-bond acceptors (Lipinski definition) is 2. The van der Waals surface area contributed by atoms with Crippen LogP contribution in [0, 0.1) is 0 Å². The van der Waals surface area contributed by atoms with Crippen LogP contribution < -0.4 is 0 Å². The van der Waals surface area contributed by atoms with Crippen molar-refractivity contribution < 1.29 is 0 Å². The van der Waals surface area contributed by atoms with Crippen LogP contribution in [0.5, 0.6) is 0 Å². The van der Waals surface area contributed by atoms with E-state index in [4.69, 9.17) is 11.6 Å². The monoisotopic (exact) mass is 229 g/mol. The standard InChI is InChI=1S/C12H8ClN3/c13-9-4-6-16-10(7-9)8-15-12(16)11-3-1-2-5-14-11/h1-8H. The summed E-state index contributed by atoms with van der Waals surface area (Å²) in [6.45, 7) is 0. The minimum atomic E-state index is 0.708. The molecule has 0 aliphatic heterocycles. The highest BCUT2D eigenvalue weighted by molar-refractivity contribution is 6.30. The molecule has 3 rings (SSSR count). The van der Waals surface area contributed by atoms with Crippen molar-refractivity contribution in [3.63, 3.8) is 0 Å². The molecule has 0 radical (unpaired) electrons. The Morgan fingerprint density at radius 3 is 2.88 bits per heavy atom. The van der Waals surface area contributed by atoms with Crippen molar-refractivity contribution in [1.29, 1.82) is 0 Å². The van der Waals surface area contributed by atoms with Crippen molar-refractivity contribution in [2.75, 3.05) is 0 Å². The molecule has 0 amide bonds. The van der Waals surface area contributed by atoms with Crippen LogP contribution in [-0.4, -0.2) is 14.4 Å². The number of aromatic nitrogens is 3. The molecule has 0 spiro atoms. The lowest BCUT2D eigenvalue weighted by Crippen LogP contribution is -1.90. The first-order chi connectivity index (χ1) is 7.84. The van der Waals surface area contributed by atoms with Crippen molar-refractivity contribution in [2.45, 2.75) is 0 Å². The van der Waals surface area contributed by atoms with Gasteiger partial charge in [-0.25, -0.2) is 4.98 Å². The van der Waals surface area contributed by atoms with Crippen molar-refractivity contribution in [3.05, 3.63) is 53.9 Å². The molecular formula is C12H8ClN3. The van der Waals surface area contributed by atoms with Crippen LogP contribution >= 0.6 is 11.6 Å². The topological polar surface area (TPSA) is 30.2 Å². The number of pyridine rings is 2. The van der Waals surface area contributed by atoms with Gasteiger partial charge in [-0.05, 0) is 24.3 Å². The van der Waals surface area contributed by atoms with Crippen LogP contribution in [0.15, 0.2) is 48.9 Å². The predicted molar refractivity (Wildman–Crippen MR) is 63.4 cm³/mol. The van der Waals surface area contributed by atoms with Crippen molar-refractivity contribution in [3.8, 4) is 11.5 Å². The lowest BCUT2D eigenvalue weighted by atomic mass is 10.3. The number of nitrogens with zero attached hydrogens (tertiary/aromatic N) is 3. The van der Waals surface area contributed by atoms with Crippen molar-refractivity contribution in [1.82, 2.24) is 14.4 Å². The van der Waals surface area contributed by atoms with Crippen LogP contribution in [0.4, 0.5) is 0 Å². The Bertz CT molecular complexity index is 631. The van der Waals surface area contributed by atoms with E-state index in [1.807, 2.05) is 40.9 Å². The molecule has 0 fully saturated rings. The van der Waals surface area contributed by atoms with Gasteiger partial charge < -0.3 is 0 Å². The van der Waals surface area contributed by atoms with E-state index in [1.165, 1.54) is 0 Å². The third-order valence-electron chi connectivity index (χ3n) is 2.39. The SMILES string of the molecule is Clc1ccn2c(-c3ccccn3)ncc2c1. The van der Waals surface area contributed by atoms with Crippen LogP contribution in [0.3, 0.4) is 0 Å². The molecule has 3 aromatic heterocycles. The zero-order valence-corrected chi connectivity index (χ0v) is 9.09. The second-order valence-corrected chi connectivity index (χ2v) is 3.87.